The zero-order chi connectivity index (χ0) is 10.3. The van der Waals surface area contributed by atoms with Crippen LogP contribution in [0, 0.1) is 5.92 Å². The maximum atomic E-state index is 11.8. The molecule has 2 fully saturated rings. The van der Waals surface area contributed by atoms with Crippen LogP contribution in [0.4, 0.5) is 4.79 Å². The topological polar surface area (TPSA) is 29.5 Å². The van der Waals surface area contributed by atoms with Gasteiger partial charge in [0.1, 0.15) is 5.60 Å². The maximum Gasteiger partial charge on any atom is 0.410 e. The highest BCUT2D eigenvalue weighted by atomic mass is 16.6. The predicted octanol–water partition coefficient (Wildman–Crippen LogP) is 2.41. The molecule has 0 radical (unpaired) electrons. The smallest absolute Gasteiger partial charge is 0.410 e. The Bertz CT molecular complexity index is 244. The zero-order valence-corrected chi connectivity index (χ0v) is 9.25. The molecule has 1 heterocycles. The van der Waals surface area contributed by atoms with Crippen LogP contribution in [-0.4, -0.2) is 29.2 Å². The molecule has 2 atom stereocenters. The lowest BCUT2D eigenvalue weighted by molar-refractivity contribution is 0.0191. The number of nitrogens with zero attached hydrogens (tertiary/aromatic N) is 1. The van der Waals surface area contributed by atoms with E-state index < -0.39 is 0 Å². The fourth-order valence-corrected chi connectivity index (χ4v) is 2.47. The molecule has 2 bridgehead atoms. The Balaban J connectivity index is 1.93. The highest BCUT2D eigenvalue weighted by molar-refractivity contribution is 5.69. The molecular weight excluding hydrogens is 178 g/mol. The summed E-state index contributed by atoms with van der Waals surface area (Å²) in [6.07, 6.45) is 3.54. The van der Waals surface area contributed by atoms with E-state index in [4.69, 9.17) is 4.74 Å². The van der Waals surface area contributed by atoms with Crippen molar-refractivity contribution in [1.29, 1.82) is 0 Å². The van der Waals surface area contributed by atoms with E-state index in [-0.39, 0.29) is 11.7 Å². The molecule has 0 spiro atoms. The molecule has 2 aliphatic rings. The summed E-state index contributed by atoms with van der Waals surface area (Å²) in [4.78, 5) is 13.7. The first-order valence-corrected chi connectivity index (χ1v) is 5.45. The molecule has 3 nitrogen and oxygen atoms in total. The van der Waals surface area contributed by atoms with Gasteiger partial charge in [0.25, 0.3) is 0 Å². The van der Waals surface area contributed by atoms with Crippen LogP contribution in [0.1, 0.15) is 40.0 Å². The van der Waals surface area contributed by atoms with E-state index in [9.17, 15) is 4.79 Å². The lowest BCUT2D eigenvalue weighted by Crippen LogP contribution is -2.41. The first kappa shape index (κ1) is 9.81. The molecule has 3 heteroatoms. The van der Waals surface area contributed by atoms with Gasteiger partial charge in [-0.3, -0.25) is 0 Å². The quantitative estimate of drug-likeness (QED) is 0.597. The van der Waals surface area contributed by atoms with Gasteiger partial charge in [0.05, 0.1) is 0 Å². The molecule has 0 aromatic heterocycles. The SMILES string of the molecule is CC(C)(C)OC(=O)N1CC2CC[C@@H]1C2. The first-order valence-electron chi connectivity index (χ1n) is 5.45. The minimum absolute atomic E-state index is 0.121. The summed E-state index contributed by atoms with van der Waals surface area (Å²) in [6.45, 7) is 6.66. The number of rotatable bonds is 0. The summed E-state index contributed by atoms with van der Waals surface area (Å²) in [5.41, 5.74) is -0.362. The molecule has 0 aromatic carbocycles. The van der Waals surface area contributed by atoms with Crippen LogP contribution in [0.3, 0.4) is 0 Å². The van der Waals surface area contributed by atoms with Crippen molar-refractivity contribution >= 4 is 6.09 Å². The van der Waals surface area contributed by atoms with Crippen LogP contribution in [0.2, 0.25) is 0 Å². The number of hydrogen-bond donors (Lipinski definition) is 0. The minimum atomic E-state index is -0.362. The van der Waals surface area contributed by atoms with E-state index >= 15 is 0 Å². The number of ether oxygens (including phenoxy) is 1. The Morgan fingerprint density at radius 3 is 2.50 bits per heavy atom. The van der Waals surface area contributed by atoms with Crippen LogP contribution in [0.15, 0.2) is 0 Å². The second-order valence-electron chi connectivity index (χ2n) is 5.47. The van der Waals surface area contributed by atoms with Crippen molar-refractivity contribution in [2.24, 2.45) is 5.92 Å². The van der Waals surface area contributed by atoms with Crippen molar-refractivity contribution in [2.45, 2.75) is 51.7 Å². The van der Waals surface area contributed by atoms with Gasteiger partial charge in [-0.25, -0.2) is 4.79 Å². The third-order valence-electron chi connectivity index (χ3n) is 3.04. The Labute approximate surface area is 85.4 Å². The van der Waals surface area contributed by atoms with Crippen molar-refractivity contribution in [1.82, 2.24) is 4.90 Å². The molecule has 2 rings (SSSR count). The van der Waals surface area contributed by atoms with Crippen molar-refractivity contribution in [3.8, 4) is 0 Å². The summed E-state index contributed by atoms with van der Waals surface area (Å²) < 4.78 is 5.36. The normalized spacial score (nSPS) is 30.9. The fraction of sp³-hybridized carbons (Fsp3) is 0.909. The third kappa shape index (κ3) is 1.86. The summed E-state index contributed by atoms with van der Waals surface area (Å²) in [5, 5.41) is 0. The summed E-state index contributed by atoms with van der Waals surface area (Å²) in [5.74, 6) is 0.743. The predicted molar refractivity (Wildman–Crippen MR) is 54.1 cm³/mol. The Hall–Kier alpha value is -0.730. The summed E-state index contributed by atoms with van der Waals surface area (Å²) in [6, 6.07) is 0.467. The van der Waals surface area contributed by atoms with E-state index in [1.807, 2.05) is 25.7 Å². The number of hydrogen-bond acceptors (Lipinski definition) is 2. The van der Waals surface area contributed by atoms with Crippen LogP contribution in [0.25, 0.3) is 0 Å². The number of fused-ring (bicyclic) bond motifs is 2. The van der Waals surface area contributed by atoms with Gasteiger partial charge in [-0.15, -0.1) is 0 Å². The van der Waals surface area contributed by atoms with Crippen molar-refractivity contribution in [3.63, 3.8) is 0 Å². The molecule has 1 saturated carbocycles. The van der Waals surface area contributed by atoms with Gasteiger partial charge >= 0.3 is 6.09 Å². The van der Waals surface area contributed by atoms with Crippen molar-refractivity contribution < 1.29 is 9.53 Å². The second kappa shape index (κ2) is 3.14. The maximum absolute atomic E-state index is 11.8. The largest absolute Gasteiger partial charge is 0.444 e. The fourth-order valence-electron chi connectivity index (χ4n) is 2.47. The molecule has 1 unspecified atom stereocenters. The van der Waals surface area contributed by atoms with Gasteiger partial charge in [-0.1, -0.05) is 0 Å². The average Bonchev–Trinajstić information content (AvgIpc) is 2.59. The molecular formula is C11H19NO2. The Morgan fingerprint density at radius 1 is 1.36 bits per heavy atom. The highest BCUT2D eigenvalue weighted by Crippen LogP contribution is 2.37. The van der Waals surface area contributed by atoms with E-state index in [0.717, 1.165) is 12.5 Å². The van der Waals surface area contributed by atoms with E-state index in [2.05, 4.69) is 0 Å². The molecule has 0 aromatic rings. The Morgan fingerprint density at radius 2 is 2.07 bits per heavy atom. The zero-order valence-electron chi connectivity index (χ0n) is 9.25. The van der Waals surface area contributed by atoms with Crippen LogP contribution in [0.5, 0.6) is 0 Å². The molecule has 80 valence electrons. The average molecular weight is 197 g/mol. The van der Waals surface area contributed by atoms with Crippen molar-refractivity contribution in [3.05, 3.63) is 0 Å². The Kier molecular flexibility index (Phi) is 2.20. The summed E-state index contributed by atoms with van der Waals surface area (Å²) in [7, 11) is 0. The number of amides is 1. The summed E-state index contributed by atoms with van der Waals surface area (Å²) >= 11 is 0. The molecule has 14 heavy (non-hydrogen) atoms. The number of piperidine rings is 1. The van der Waals surface area contributed by atoms with Crippen LogP contribution >= 0.6 is 0 Å². The van der Waals surface area contributed by atoms with Crippen molar-refractivity contribution in [2.75, 3.05) is 6.54 Å². The third-order valence-corrected chi connectivity index (χ3v) is 3.04. The molecule has 0 N–H and O–H groups in total. The van der Waals surface area contributed by atoms with Gasteiger partial charge in [0.2, 0.25) is 0 Å². The highest BCUT2D eigenvalue weighted by Gasteiger charge is 2.41. The molecule has 1 aliphatic carbocycles. The minimum Gasteiger partial charge on any atom is -0.444 e. The second-order valence-corrected chi connectivity index (χ2v) is 5.47. The molecule has 1 amide bonds. The number of carbonyl (C=O) groups is 1. The van der Waals surface area contributed by atoms with Gasteiger partial charge in [-0.2, -0.15) is 0 Å². The van der Waals surface area contributed by atoms with Gasteiger partial charge < -0.3 is 9.64 Å². The van der Waals surface area contributed by atoms with E-state index in [0.29, 0.717) is 6.04 Å². The van der Waals surface area contributed by atoms with Crippen LogP contribution < -0.4 is 0 Å². The van der Waals surface area contributed by atoms with Gasteiger partial charge in [0.15, 0.2) is 0 Å². The first-order chi connectivity index (χ1) is 6.46. The number of likely N-dealkylation sites (tertiary alicyclic amines) is 1. The van der Waals surface area contributed by atoms with Crippen LogP contribution in [-0.2, 0) is 4.74 Å². The lowest BCUT2D eigenvalue weighted by atomic mass is 10.1. The molecule has 1 aliphatic heterocycles. The molecule has 1 saturated heterocycles. The monoisotopic (exact) mass is 197 g/mol. The lowest BCUT2D eigenvalue weighted by Gasteiger charge is -2.30. The number of carbonyl (C=O) groups excluding carboxylic acids is 1. The standard InChI is InChI=1S/C11H19NO2/c1-11(2,3)14-10(13)12-7-8-4-5-9(12)6-8/h8-9H,4-7H2,1-3H3/t8?,9-/m1/s1. The van der Waals surface area contributed by atoms with Gasteiger partial charge in [0, 0.05) is 12.6 Å². The van der Waals surface area contributed by atoms with E-state index in [1.165, 1.54) is 19.3 Å². The van der Waals surface area contributed by atoms with E-state index in [1.54, 1.807) is 0 Å². The van der Waals surface area contributed by atoms with Gasteiger partial charge in [-0.05, 0) is 46.0 Å².